The summed E-state index contributed by atoms with van der Waals surface area (Å²) in [5, 5.41) is 4.50. The molecule has 0 bridgehead atoms. The molecule has 1 fully saturated rings. The van der Waals surface area contributed by atoms with Gasteiger partial charge in [-0.1, -0.05) is 37.1 Å². The quantitative estimate of drug-likeness (QED) is 0.810. The van der Waals surface area contributed by atoms with Gasteiger partial charge in [0.05, 0.1) is 0 Å². The van der Waals surface area contributed by atoms with Crippen LogP contribution in [0, 0.1) is 5.92 Å². The maximum atomic E-state index is 6.06. The monoisotopic (exact) mass is 237 g/mol. The first kappa shape index (κ1) is 11.9. The molecule has 2 heteroatoms. The second kappa shape index (κ2) is 5.70. The minimum Gasteiger partial charge on any atom is -0.310 e. The Hall–Kier alpha value is -0.530. The molecule has 2 rings (SSSR count). The van der Waals surface area contributed by atoms with Crippen LogP contribution in [-0.4, -0.2) is 6.54 Å². The molecule has 0 amide bonds. The summed E-state index contributed by atoms with van der Waals surface area (Å²) in [5.41, 5.74) is 1.35. The molecule has 1 atom stereocenters. The van der Waals surface area contributed by atoms with Crippen molar-refractivity contribution < 1.29 is 0 Å². The molecule has 0 saturated heterocycles. The van der Waals surface area contributed by atoms with Gasteiger partial charge < -0.3 is 5.32 Å². The summed E-state index contributed by atoms with van der Waals surface area (Å²) >= 11 is 6.06. The summed E-state index contributed by atoms with van der Waals surface area (Å²) < 4.78 is 0. The highest BCUT2D eigenvalue weighted by Crippen LogP contribution is 2.38. The number of nitrogens with one attached hydrogen (secondary N) is 1. The second-order valence-electron chi connectivity index (χ2n) is 4.68. The summed E-state index contributed by atoms with van der Waals surface area (Å²) in [6.45, 7) is 3.30. The van der Waals surface area contributed by atoms with Crippen LogP contribution in [-0.2, 0) is 0 Å². The van der Waals surface area contributed by atoms with Gasteiger partial charge in [0.1, 0.15) is 0 Å². The fourth-order valence-corrected chi connectivity index (χ4v) is 2.53. The van der Waals surface area contributed by atoms with Crippen molar-refractivity contribution in [3.05, 3.63) is 34.9 Å². The predicted molar refractivity (Wildman–Crippen MR) is 69.8 cm³/mol. The molecule has 1 saturated carbocycles. The van der Waals surface area contributed by atoms with Crippen LogP contribution >= 0.6 is 11.6 Å². The minimum absolute atomic E-state index is 0.507. The van der Waals surface area contributed by atoms with E-state index in [0.29, 0.717) is 6.04 Å². The van der Waals surface area contributed by atoms with Crippen LogP contribution < -0.4 is 5.32 Å². The Morgan fingerprint density at radius 1 is 1.44 bits per heavy atom. The number of halogens is 1. The van der Waals surface area contributed by atoms with Crippen molar-refractivity contribution in [3.63, 3.8) is 0 Å². The van der Waals surface area contributed by atoms with Crippen LogP contribution in [0.2, 0.25) is 5.02 Å². The molecular weight excluding hydrogens is 218 g/mol. The van der Waals surface area contributed by atoms with Crippen LogP contribution in [0.3, 0.4) is 0 Å². The summed E-state index contributed by atoms with van der Waals surface area (Å²) in [4.78, 5) is 0. The molecule has 1 aliphatic rings. The maximum absolute atomic E-state index is 6.06. The average Bonchev–Trinajstić information content (AvgIpc) is 2.21. The Morgan fingerprint density at radius 2 is 2.25 bits per heavy atom. The van der Waals surface area contributed by atoms with E-state index >= 15 is 0 Å². The molecule has 0 aromatic heterocycles. The van der Waals surface area contributed by atoms with Gasteiger partial charge in [-0.25, -0.2) is 0 Å². The van der Waals surface area contributed by atoms with Gasteiger partial charge >= 0.3 is 0 Å². The molecule has 1 unspecified atom stereocenters. The lowest BCUT2D eigenvalue weighted by atomic mass is 9.77. The van der Waals surface area contributed by atoms with Crippen molar-refractivity contribution in [2.24, 2.45) is 5.92 Å². The van der Waals surface area contributed by atoms with Gasteiger partial charge in [0.25, 0.3) is 0 Å². The van der Waals surface area contributed by atoms with Crippen LogP contribution in [0.15, 0.2) is 24.3 Å². The highest BCUT2D eigenvalue weighted by Gasteiger charge is 2.27. The normalized spacial score (nSPS) is 18.1. The first-order valence-electron chi connectivity index (χ1n) is 6.30. The van der Waals surface area contributed by atoms with E-state index < -0.39 is 0 Å². The molecule has 1 N–H and O–H groups in total. The number of hydrogen-bond acceptors (Lipinski definition) is 1. The fourth-order valence-electron chi connectivity index (χ4n) is 2.33. The van der Waals surface area contributed by atoms with E-state index in [1.54, 1.807) is 0 Å². The van der Waals surface area contributed by atoms with Crippen molar-refractivity contribution >= 4 is 11.6 Å². The van der Waals surface area contributed by atoms with Crippen molar-refractivity contribution in [2.75, 3.05) is 6.54 Å². The molecule has 1 aliphatic carbocycles. The van der Waals surface area contributed by atoms with Crippen LogP contribution in [0.1, 0.15) is 44.2 Å². The molecule has 0 aliphatic heterocycles. The van der Waals surface area contributed by atoms with E-state index in [9.17, 15) is 0 Å². The molecule has 1 aromatic carbocycles. The summed E-state index contributed by atoms with van der Waals surface area (Å²) in [6.07, 6.45) is 5.28. The van der Waals surface area contributed by atoms with E-state index in [4.69, 9.17) is 11.6 Å². The van der Waals surface area contributed by atoms with Crippen molar-refractivity contribution in [1.82, 2.24) is 5.32 Å². The van der Waals surface area contributed by atoms with Crippen molar-refractivity contribution in [1.29, 1.82) is 0 Å². The number of rotatable bonds is 5. The van der Waals surface area contributed by atoms with Crippen molar-refractivity contribution in [2.45, 2.75) is 38.6 Å². The third-order valence-corrected chi connectivity index (χ3v) is 3.68. The first-order valence-corrected chi connectivity index (χ1v) is 6.68. The van der Waals surface area contributed by atoms with Gasteiger partial charge in [0.2, 0.25) is 0 Å². The van der Waals surface area contributed by atoms with Crippen LogP contribution in [0.5, 0.6) is 0 Å². The first-order chi connectivity index (χ1) is 7.81. The predicted octanol–water partition coefficient (Wildman–Crippen LogP) is 4.18. The molecular formula is C14H20ClN. The lowest BCUT2D eigenvalue weighted by molar-refractivity contribution is 0.231. The average molecular weight is 238 g/mol. The zero-order valence-electron chi connectivity index (χ0n) is 9.88. The highest BCUT2D eigenvalue weighted by atomic mass is 35.5. The molecule has 88 valence electrons. The van der Waals surface area contributed by atoms with E-state index in [1.165, 1.54) is 31.2 Å². The van der Waals surface area contributed by atoms with E-state index in [2.05, 4.69) is 30.4 Å². The maximum Gasteiger partial charge on any atom is 0.0409 e. The lowest BCUT2D eigenvalue weighted by Gasteiger charge is -2.35. The molecule has 0 radical (unpaired) electrons. The van der Waals surface area contributed by atoms with Gasteiger partial charge in [-0.15, -0.1) is 0 Å². The Balaban J connectivity index is 2.10. The standard InChI is InChI=1S/C14H20ClN/c1-2-9-16-14(11-5-3-6-11)12-7-4-8-13(15)10-12/h4,7-8,10-11,14,16H,2-3,5-6,9H2,1H3. The Labute approximate surface area is 103 Å². The fraction of sp³-hybridized carbons (Fsp3) is 0.571. The van der Waals surface area contributed by atoms with E-state index in [-0.39, 0.29) is 0 Å². The zero-order valence-corrected chi connectivity index (χ0v) is 10.6. The third kappa shape index (κ3) is 2.78. The summed E-state index contributed by atoms with van der Waals surface area (Å²) in [7, 11) is 0. The van der Waals surface area contributed by atoms with E-state index in [0.717, 1.165) is 17.5 Å². The highest BCUT2D eigenvalue weighted by molar-refractivity contribution is 6.30. The molecule has 16 heavy (non-hydrogen) atoms. The molecule has 1 nitrogen and oxygen atoms in total. The zero-order chi connectivity index (χ0) is 11.4. The summed E-state index contributed by atoms with van der Waals surface area (Å²) in [5.74, 6) is 0.810. The molecule has 0 heterocycles. The minimum atomic E-state index is 0.507. The van der Waals surface area contributed by atoms with E-state index in [1.807, 2.05) is 6.07 Å². The summed E-state index contributed by atoms with van der Waals surface area (Å²) in [6, 6.07) is 8.80. The third-order valence-electron chi connectivity index (χ3n) is 3.44. The number of benzene rings is 1. The topological polar surface area (TPSA) is 12.0 Å². The van der Waals surface area contributed by atoms with Crippen LogP contribution in [0.25, 0.3) is 0 Å². The Bertz CT molecular complexity index is 333. The van der Waals surface area contributed by atoms with Gasteiger partial charge in [0.15, 0.2) is 0 Å². The van der Waals surface area contributed by atoms with Crippen molar-refractivity contribution in [3.8, 4) is 0 Å². The largest absolute Gasteiger partial charge is 0.310 e. The smallest absolute Gasteiger partial charge is 0.0409 e. The lowest BCUT2D eigenvalue weighted by Crippen LogP contribution is -2.32. The van der Waals surface area contributed by atoms with Crippen LogP contribution in [0.4, 0.5) is 0 Å². The van der Waals surface area contributed by atoms with Gasteiger partial charge in [-0.3, -0.25) is 0 Å². The van der Waals surface area contributed by atoms with Gasteiger partial charge in [-0.05, 0) is 49.4 Å². The molecule has 0 spiro atoms. The Kier molecular flexibility index (Phi) is 4.25. The SMILES string of the molecule is CCCNC(c1cccc(Cl)c1)C1CCC1. The molecule has 1 aromatic rings. The number of hydrogen-bond donors (Lipinski definition) is 1. The Morgan fingerprint density at radius 3 is 2.81 bits per heavy atom. The van der Waals surface area contributed by atoms with Gasteiger partial charge in [-0.2, -0.15) is 0 Å². The van der Waals surface area contributed by atoms with Gasteiger partial charge in [0, 0.05) is 11.1 Å². The second-order valence-corrected chi connectivity index (χ2v) is 5.11.